The molecular formula is C16H24ClNOS. The molecular weight excluding hydrogens is 290 g/mol. The van der Waals surface area contributed by atoms with Crippen LogP contribution < -0.4 is 5.32 Å². The Bertz CT molecular complexity index is 414. The highest BCUT2D eigenvalue weighted by molar-refractivity contribution is 7.14. The lowest BCUT2D eigenvalue weighted by Crippen LogP contribution is -2.29. The first kappa shape index (κ1) is 15.8. The van der Waals surface area contributed by atoms with Crippen molar-refractivity contribution in [1.82, 2.24) is 5.32 Å². The van der Waals surface area contributed by atoms with E-state index in [2.05, 4.69) is 18.3 Å². The van der Waals surface area contributed by atoms with Gasteiger partial charge in [-0.25, -0.2) is 0 Å². The molecule has 112 valence electrons. The molecule has 2 rings (SSSR count). The van der Waals surface area contributed by atoms with Gasteiger partial charge in [0.05, 0.1) is 4.88 Å². The third kappa shape index (κ3) is 4.23. The molecule has 1 amide bonds. The van der Waals surface area contributed by atoms with Crippen molar-refractivity contribution < 1.29 is 4.79 Å². The molecule has 0 bridgehead atoms. The minimum absolute atomic E-state index is 0.0973. The largest absolute Gasteiger partial charge is 0.351 e. The average molecular weight is 314 g/mol. The molecule has 1 aliphatic carbocycles. The summed E-state index contributed by atoms with van der Waals surface area (Å²) in [5, 5.41) is 3.09. The van der Waals surface area contributed by atoms with Crippen LogP contribution in [0.5, 0.6) is 0 Å². The quantitative estimate of drug-likeness (QED) is 0.743. The molecule has 1 aliphatic rings. The molecule has 1 unspecified atom stereocenters. The van der Waals surface area contributed by atoms with Crippen LogP contribution in [0.3, 0.4) is 0 Å². The van der Waals surface area contributed by atoms with Crippen LogP contribution in [0.25, 0.3) is 0 Å². The van der Waals surface area contributed by atoms with Crippen molar-refractivity contribution in [3.8, 4) is 0 Å². The van der Waals surface area contributed by atoms with Crippen molar-refractivity contribution in [3.63, 3.8) is 0 Å². The number of carbonyl (C=O) groups is 1. The van der Waals surface area contributed by atoms with Gasteiger partial charge in [0.25, 0.3) is 5.91 Å². The summed E-state index contributed by atoms with van der Waals surface area (Å²) in [7, 11) is 0. The number of nitrogens with one attached hydrogen (secondary N) is 1. The Balaban J connectivity index is 1.89. The number of thiophene rings is 1. The van der Waals surface area contributed by atoms with Gasteiger partial charge in [-0.15, -0.1) is 22.9 Å². The van der Waals surface area contributed by atoms with Crippen LogP contribution in [0.2, 0.25) is 0 Å². The molecule has 0 saturated carbocycles. The number of carbonyl (C=O) groups excluding carboxylic acids is 1. The van der Waals surface area contributed by atoms with Crippen LogP contribution in [-0.2, 0) is 12.8 Å². The Morgan fingerprint density at radius 3 is 2.90 bits per heavy atom. The van der Waals surface area contributed by atoms with E-state index in [1.54, 1.807) is 11.3 Å². The van der Waals surface area contributed by atoms with Crippen LogP contribution in [-0.4, -0.2) is 18.3 Å². The van der Waals surface area contributed by atoms with Gasteiger partial charge >= 0.3 is 0 Å². The van der Waals surface area contributed by atoms with Crippen molar-refractivity contribution in [3.05, 3.63) is 21.4 Å². The van der Waals surface area contributed by atoms with E-state index in [4.69, 9.17) is 11.6 Å². The molecule has 0 spiro atoms. The van der Waals surface area contributed by atoms with Crippen molar-refractivity contribution in [2.24, 2.45) is 5.92 Å². The Hall–Kier alpha value is -0.540. The number of aryl methyl sites for hydroxylation is 2. The third-order valence-electron chi connectivity index (χ3n) is 3.99. The summed E-state index contributed by atoms with van der Waals surface area (Å²) in [6, 6.07) is 2.10. The summed E-state index contributed by atoms with van der Waals surface area (Å²) in [4.78, 5) is 14.6. The smallest absolute Gasteiger partial charge is 0.261 e. The lowest BCUT2D eigenvalue weighted by atomic mass is 9.99. The molecule has 0 fully saturated rings. The fourth-order valence-corrected chi connectivity index (χ4v) is 4.32. The number of hydrogen-bond donors (Lipinski definition) is 1. The minimum Gasteiger partial charge on any atom is -0.351 e. The van der Waals surface area contributed by atoms with Crippen LogP contribution in [0.15, 0.2) is 6.07 Å². The number of halogens is 1. The number of hydrogen-bond acceptors (Lipinski definition) is 2. The van der Waals surface area contributed by atoms with Crippen LogP contribution in [0.1, 0.15) is 59.1 Å². The van der Waals surface area contributed by atoms with Crippen LogP contribution >= 0.6 is 22.9 Å². The maximum Gasteiger partial charge on any atom is 0.261 e. The van der Waals surface area contributed by atoms with E-state index < -0.39 is 0 Å². The van der Waals surface area contributed by atoms with Gasteiger partial charge in [0, 0.05) is 17.3 Å². The fraction of sp³-hybridized carbons (Fsp3) is 0.688. The van der Waals surface area contributed by atoms with Gasteiger partial charge < -0.3 is 5.32 Å². The maximum absolute atomic E-state index is 12.2. The van der Waals surface area contributed by atoms with Crippen molar-refractivity contribution in [2.75, 3.05) is 12.4 Å². The first-order valence-corrected chi connectivity index (χ1v) is 9.05. The number of fused-ring (bicyclic) bond motifs is 1. The third-order valence-corrected chi connectivity index (χ3v) is 5.44. The molecule has 1 heterocycles. The highest BCUT2D eigenvalue weighted by atomic mass is 35.5. The lowest BCUT2D eigenvalue weighted by molar-refractivity contribution is 0.0950. The topological polar surface area (TPSA) is 29.1 Å². The number of alkyl halides is 1. The van der Waals surface area contributed by atoms with E-state index in [0.29, 0.717) is 11.8 Å². The number of rotatable bonds is 7. The predicted molar refractivity (Wildman–Crippen MR) is 87.0 cm³/mol. The van der Waals surface area contributed by atoms with E-state index in [1.165, 1.54) is 23.3 Å². The SMILES string of the molecule is CCCC(CCCl)CNC(=O)c1cc2c(s1)CCCC2. The summed E-state index contributed by atoms with van der Waals surface area (Å²) in [6.07, 6.45) is 8.08. The van der Waals surface area contributed by atoms with E-state index in [0.717, 1.165) is 43.5 Å². The summed E-state index contributed by atoms with van der Waals surface area (Å²) in [5.41, 5.74) is 1.40. The average Bonchev–Trinajstić information content (AvgIpc) is 2.89. The molecule has 0 radical (unpaired) electrons. The fourth-order valence-electron chi connectivity index (χ4n) is 2.84. The molecule has 1 aromatic heterocycles. The van der Waals surface area contributed by atoms with Crippen molar-refractivity contribution in [1.29, 1.82) is 0 Å². The lowest BCUT2D eigenvalue weighted by Gasteiger charge is -2.15. The zero-order chi connectivity index (χ0) is 14.4. The van der Waals surface area contributed by atoms with Gasteiger partial charge in [0.1, 0.15) is 0 Å². The second-order valence-corrected chi connectivity index (χ2v) is 7.12. The molecule has 1 atom stereocenters. The molecule has 20 heavy (non-hydrogen) atoms. The van der Waals surface area contributed by atoms with Gasteiger partial charge in [-0.1, -0.05) is 13.3 Å². The summed E-state index contributed by atoms with van der Waals surface area (Å²) >= 11 is 7.51. The maximum atomic E-state index is 12.2. The Morgan fingerprint density at radius 2 is 2.20 bits per heavy atom. The Kier molecular flexibility index (Phi) is 6.37. The molecule has 0 aromatic carbocycles. The monoisotopic (exact) mass is 313 g/mol. The molecule has 0 saturated heterocycles. The molecule has 0 aliphatic heterocycles. The standard InChI is InChI=1S/C16H24ClNOS/c1-2-5-12(8-9-17)11-18-16(19)15-10-13-6-3-4-7-14(13)20-15/h10,12H,2-9,11H2,1H3,(H,18,19). The molecule has 4 heteroatoms. The highest BCUT2D eigenvalue weighted by Gasteiger charge is 2.17. The Labute approximate surface area is 130 Å². The van der Waals surface area contributed by atoms with Crippen molar-refractivity contribution >= 4 is 28.8 Å². The van der Waals surface area contributed by atoms with Gasteiger partial charge in [-0.2, -0.15) is 0 Å². The second kappa shape index (κ2) is 8.04. The first-order chi connectivity index (χ1) is 9.74. The summed E-state index contributed by atoms with van der Waals surface area (Å²) in [5.74, 6) is 1.28. The van der Waals surface area contributed by atoms with Gasteiger partial charge in [-0.05, 0) is 56.1 Å². The van der Waals surface area contributed by atoms with E-state index in [-0.39, 0.29) is 5.91 Å². The zero-order valence-electron chi connectivity index (χ0n) is 12.2. The van der Waals surface area contributed by atoms with E-state index in [9.17, 15) is 4.79 Å². The molecule has 2 nitrogen and oxygen atoms in total. The normalized spacial score (nSPS) is 15.7. The van der Waals surface area contributed by atoms with Crippen LogP contribution in [0, 0.1) is 5.92 Å². The van der Waals surface area contributed by atoms with E-state index >= 15 is 0 Å². The Morgan fingerprint density at radius 1 is 1.40 bits per heavy atom. The predicted octanol–water partition coefficient (Wildman–Crippen LogP) is 4.40. The second-order valence-electron chi connectivity index (χ2n) is 5.61. The first-order valence-electron chi connectivity index (χ1n) is 7.70. The van der Waals surface area contributed by atoms with Gasteiger partial charge in [-0.3, -0.25) is 4.79 Å². The van der Waals surface area contributed by atoms with Crippen LogP contribution in [0.4, 0.5) is 0 Å². The summed E-state index contributed by atoms with van der Waals surface area (Å²) < 4.78 is 0. The molecule has 1 aromatic rings. The zero-order valence-corrected chi connectivity index (χ0v) is 13.8. The summed E-state index contributed by atoms with van der Waals surface area (Å²) in [6.45, 7) is 2.93. The van der Waals surface area contributed by atoms with E-state index in [1.807, 2.05) is 0 Å². The highest BCUT2D eigenvalue weighted by Crippen LogP contribution is 2.29. The minimum atomic E-state index is 0.0973. The van der Waals surface area contributed by atoms with Crippen molar-refractivity contribution in [2.45, 2.75) is 51.9 Å². The van der Waals surface area contributed by atoms with Gasteiger partial charge in [0.15, 0.2) is 0 Å². The molecule has 1 N–H and O–H groups in total. The van der Waals surface area contributed by atoms with Gasteiger partial charge in [0.2, 0.25) is 0 Å². The number of amides is 1.